The summed E-state index contributed by atoms with van der Waals surface area (Å²) in [5.41, 5.74) is 1.19. The van der Waals surface area contributed by atoms with Crippen LogP contribution in [-0.2, 0) is 14.3 Å². The Morgan fingerprint density at radius 3 is 2.53 bits per heavy atom. The number of imidazole rings is 1. The van der Waals surface area contributed by atoms with Crippen molar-refractivity contribution in [3.8, 4) is 0 Å². The van der Waals surface area contributed by atoms with Crippen LogP contribution in [0.3, 0.4) is 0 Å². The summed E-state index contributed by atoms with van der Waals surface area (Å²) in [4.78, 5) is 47.4. The van der Waals surface area contributed by atoms with E-state index >= 15 is 0 Å². The van der Waals surface area contributed by atoms with E-state index in [1.807, 2.05) is 6.07 Å². The van der Waals surface area contributed by atoms with Crippen molar-refractivity contribution in [1.29, 1.82) is 0 Å². The van der Waals surface area contributed by atoms with Gasteiger partial charge in [-0.25, -0.2) is 14.5 Å². The topological polar surface area (TPSA) is 165 Å². The summed E-state index contributed by atoms with van der Waals surface area (Å²) in [6.45, 7) is 0.687. The number of nitrogens with zero attached hydrogens (tertiary/aromatic N) is 4. The van der Waals surface area contributed by atoms with E-state index in [1.54, 1.807) is 7.11 Å². The number of hydrogen-bond donors (Lipinski definition) is 4. The van der Waals surface area contributed by atoms with Crippen LogP contribution in [0, 0.1) is 5.92 Å². The molecule has 3 aromatic heterocycles. The molecule has 5 rings (SSSR count). The van der Waals surface area contributed by atoms with Gasteiger partial charge in [0.25, 0.3) is 11.5 Å². The van der Waals surface area contributed by atoms with Gasteiger partial charge in [-0.1, -0.05) is 0 Å². The number of aromatic nitrogens is 5. The molecule has 0 aliphatic heterocycles. The van der Waals surface area contributed by atoms with Crippen molar-refractivity contribution >= 4 is 34.8 Å². The fourth-order valence-corrected chi connectivity index (χ4v) is 4.62. The molecule has 0 saturated heterocycles. The molecule has 4 N–H and O–H groups in total. The zero-order valence-electron chi connectivity index (χ0n) is 21.2. The number of ether oxygens (including phenoxy) is 2. The number of anilines is 3. The fourth-order valence-electron chi connectivity index (χ4n) is 4.62. The Labute approximate surface area is 218 Å². The van der Waals surface area contributed by atoms with Crippen LogP contribution in [0.5, 0.6) is 0 Å². The largest absolute Gasteiger partial charge is 0.463 e. The number of aromatic amines is 1. The number of carbonyl (C=O) groups excluding carboxylic acids is 2. The Hall–Kier alpha value is -4.00. The van der Waals surface area contributed by atoms with Gasteiger partial charge in [0.2, 0.25) is 0 Å². The van der Waals surface area contributed by atoms with Crippen LogP contribution in [0.4, 0.5) is 17.3 Å². The summed E-state index contributed by atoms with van der Waals surface area (Å²) >= 11 is 0. The van der Waals surface area contributed by atoms with E-state index in [9.17, 15) is 14.4 Å². The zero-order chi connectivity index (χ0) is 26.5. The highest BCUT2D eigenvalue weighted by Gasteiger charge is 2.27. The van der Waals surface area contributed by atoms with Gasteiger partial charge in [-0.05, 0) is 44.4 Å². The normalized spacial score (nSPS) is 19.2. The Morgan fingerprint density at radius 2 is 1.79 bits per heavy atom. The maximum absolute atomic E-state index is 13.0. The monoisotopic (exact) mass is 524 g/mol. The van der Waals surface area contributed by atoms with Crippen LogP contribution < -0.4 is 21.5 Å². The predicted octanol–water partition coefficient (Wildman–Crippen LogP) is 2.19. The number of H-pyrrole nitrogens is 1. The summed E-state index contributed by atoms with van der Waals surface area (Å²) in [5, 5.41) is 14.3. The molecule has 2 aliphatic rings. The first kappa shape index (κ1) is 25.6. The van der Waals surface area contributed by atoms with Crippen molar-refractivity contribution in [2.45, 2.75) is 57.0 Å². The third-order valence-corrected chi connectivity index (χ3v) is 6.76. The van der Waals surface area contributed by atoms with Crippen molar-refractivity contribution in [1.82, 2.24) is 24.6 Å². The molecule has 0 aromatic carbocycles. The second-order valence-corrected chi connectivity index (χ2v) is 9.77. The molecule has 38 heavy (non-hydrogen) atoms. The van der Waals surface area contributed by atoms with Gasteiger partial charge in [-0.2, -0.15) is 0 Å². The molecule has 13 heteroatoms. The molecule has 3 aromatic rings. The molecule has 2 fully saturated rings. The summed E-state index contributed by atoms with van der Waals surface area (Å²) in [6, 6.07) is 3.70. The highest BCUT2D eigenvalue weighted by Crippen LogP contribution is 2.31. The molecule has 0 bridgehead atoms. The first-order valence-electron chi connectivity index (χ1n) is 12.9. The smallest absolute Gasteiger partial charge is 0.306 e. The van der Waals surface area contributed by atoms with E-state index in [0.717, 1.165) is 44.2 Å². The summed E-state index contributed by atoms with van der Waals surface area (Å²) in [5.74, 6) is 0.412. The average Bonchev–Trinajstić information content (AvgIpc) is 3.60. The lowest BCUT2D eigenvalue weighted by Crippen LogP contribution is -2.28. The first-order valence-corrected chi connectivity index (χ1v) is 12.9. The quantitative estimate of drug-likeness (QED) is 0.216. The van der Waals surface area contributed by atoms with Gasteiger partial charge in [-0.15, -0.1) is 5.10 Å². The van der Waals surface area contributed by atoms with Crippen molar-refractivity contribution < 1.29 is 19.1 Å². The molecule has 3 heterocycles. The number of amides is 1. The van der Waals surface area contributed by atoms with E-state index in [-0.39, 0.29) is 35.7 Å². The number of fused-ring (bicyclic) bond motifs is 1. The lowest BCUT2D eigenvalue weighted by Gasteiger charge is -2.29. The third-order valence-electron chi connectivity index (χ3n) is 6.76. The van der Waals surface area contributed by atoms with Crippen LogP contribution in [0.2, 0.25) is 0 Å². The van der Waals surface area contributed by atoms with E-state index in [0.29, 0.717) is 36.5 Å². The van der Waals surface area contributed by atoms with E-state index in [4.69, 9.17) is 9.47 Å². The molecular weight excluding hydrogens is 492 g/mol. The molecule has 0 spiro atoms. The first-order chi connectivity index (χ1) is 18.5. The Bertz CT molecular complexity index is 1340. The molecule has 0 unspecified atom stereocenters. The SMILES string of the molecule is COCCOC(=O)CC1CCC(Nc2cc(NC3CC3)c3ncc(C(=O)Nc4cc(=O)[nH]cn4)n3n2)CC1. The Kier molecular flexibility index (Phi) is 7.82. The van der Waals surface area contributed by atoms with Crippen LogP contribution in [0.15, 0.2) is 29.5 Å². The van der Waals surface area contributed by atoms with E-state index in [1.165, 1.54) is 23.1 Å². The van der Waals surface area contributed by atoms with Crippen molar-refractivity contribution in [3.05, 3.63) is 40.7 Å². The highest BCUT2D eigenvalue weighted by atomic mass is 16.6. The second-order valence-electron chi connectivity index (χ2n) is 9.77. The van der Waals surface area contributed by atoms with Gasteiger partial charge in [0.05, 0.1) is 24.8 Å². The second kappa shape index (κ2) is 11.6. The van der Waals surface area contributed by atoms with Gasteiger partial charge in [0.15, 0.2) is 11.3 Å². The Balaban J connectivity index is 1.27. The third kappa shape index (κ3) is 6.46. The van der Waals surface area contributed by atoms with Crippen molar-refractivity contribution in [2.75, 3.05) is 36.3 Å². The minimum atomic E-state index is -0.476. The Morgan fingerprint density at radius 1 is 1.03 bits per heavy atom. The molecule has 1 amide bonds. The van der Waals surface area contributed by atoms with Gasteiger partial charge >= 0.3 is 5.97 Å². The number of methoxy groups -OCH3 is 1. The molecule has 0 radical (unpaired) electrons. The van der Waals surface area contributed by atoms with E-state index < -0.39 is 5.91 Å². The fraction of sp³-hybridized carbons (Fsp3) is 0.520. The minimum absolute atomic E-state index is 0.138. The number of rotatable bonds is 11. The summed E-state index contributed by atoms with van der Waals surface area (Å²) < 4.78 is 11.6. The number of hydrogen-bond acceptors (Lipinski definition) is 10. The van der Waals surface area contributed by atoms with Crippen LogP contribution in [-0.4, -0.2) is 68.8 Å². The molecule has 13 nitrogen and oxygen atoms in total. The van der Waals surface area contributed by atoms with Crippen LogP contribution in [0.1, 0.15) is 55.4 Å². The molecule has 202 valence electrons. The van der Waals surface area contributed by atoms with Gasteiger partial charge < -0.3 is 30.4 Å². The standard InChI is InChI=1S/C25H32N8O5/c1-37-8-9-38-23(35)10-15-2-4-17(5-3-15)30-21-11-18(29-16-6-7-16)24-26-13-19(33(24)32-21)25(36)31-20-12-22(34)28-14-27-20/h11-17,29H,2-10H2,1H3,(H,30,32)(H2,27,28,31,34,36). The minimum Gasteiger partial charge on any atom is -0.463 e. The average molecular weight is 525 g/mol. The zero-order valence-corrected chi connectivity index (χ0v) is 21.2. The maximum Gasteiger partial charge on any atom is 0.306 e. The molecule has 2 saturated carbocycles. The van der Waals surface area contributed by atoms with Gasteiger partial charge in [0.1, 0.15) is 18.2 Å². The van der Waals surface area contributed by atoms with Gasteiger partial charge in [0, 0.05) is 37.7 Å². The van der Waals surface area contributed by atoms with Crippen LogP contribution in [0.25, 0.3) is 5.65 Å². The van der Waals surface area contributed by atoms with Crippen molar-refractivity contribution in [2.24, 2.45) is 5.92 Å². The molecule has 2 aliphatic carbocycles. The number of carbonyl (C=O) groups is 2. The predicted molar refractivity (Wildman–Crippen MR) is 139 cm³/mol. The maximum atomic E-state index is 13.0. The molecular formula is C25H32N8O5. The summed E-state index contributed by atoms with van der Waals surface area (Å²) in [6.07, 6.45) is 8.88. The van der Waals surface area contributed by atoms with Gasteiger partial charge in [-0.3, -0.25) is 14.4 Å². The lowest BCUT2D eigenvalue weighted by atomic mass is 9.84. The summed E-state index contributed by atoms with van der Waals surface area (Å²) in [7, 11) is 1.58. The number of esters is 1. The van der Waals surface area contributed by atoms with Crippen molar-refractivity contribution in [3.63, 3.8) is 0 Å². The molecule has 0 atom stereocenters. The van der Waals surface area contributed by atoms with E-state index in [2.05, 4.69) is 36.0 Å². The number of nitrogens with one attached hydrogen (secondary N) is 4. The highest BCUT2D eigenvalue weighted by molar-refractivity contribution is 6.03. The van der Waals surface area contributed by atoms with Crippen LogP contribution >= 0.6 is 0 Å². The lowest BCUT2D eigenvalue weighted by molar-refractivity contribution is -0.146.